The molecule has 2 rings (SSSR count). The van der Waals surface area contributed by atoms with Crippen molar-refractivity contribution in [3.05, 3.63) is 48.4 Å². The summed E-state index contributed by atoms with van der Waals surface area (Å²) in [6, 6.07) is 9.11. The SMILES string of the molecule is NC(N)=NC(N)=Nc1ccc(S(=O)(=O)NCc2ccco2)cc1. The first kappa shape index (κ1) is 16.5. The lowest BCUT2D eigenvalue weighted by atomic mass is 10.3. The highest BCUT2D eigenvalue weighted by molar-refractivity contribution is 7.89. The molecular formula is C13H16N6O3S. The van der Waals surface area contributed by atoms with Gasteiger partial charge in [0, 0.05) is 0 Å². The molecule has 7 N–H and O–H groups in total. The van der Waals surface area contributed by atoms with Crippen molar-refractivity contribution in [2.24, 2.45) is 27.2 Å². The van der Waals surface area contributed by atoms with E-state index >= 15 is 0 Å². The number of sulfonamides is 1. The summed E-state index contributed by atoms with van der Waals surface area (Å²) in [6.45, 7) is 0.0622. The van der Waals surface area contributed by atoms with Crippen molar-refractivity contribution in [2.75, 3.05) is 0 Å². The predicted octanol–water partition coefficient (Wildman–Crippen LogP) is -0.0223. The van der Waals surface area contributed by atoms with Crippen LogP contribution in [0.4, 0.5) is 5.69 Å². The second-order valence-electron chi connectivity index (χ2n) is 4.40. The number of hydrogen-bond donors (Lipinski definition) is 4. The van der Waals surface area contributed by atoms with E-state index in [1.807, 2.05) is 0 Å². The molecule has 10 heteroatoms. The van der Waals surface area contributed by atoms with Gasteiger partial charge in [-0.15, -0.1) is 0 Å². The van der Waals surface area contributed by atoms with Crippen molar-refractivity contribution >= 4 is 27.6 Å². The third kappa shape index (κ3) is 4.83. The lowest BCUT2D eigenvalue weighted by molar-refractivity contribution is 0.498. The van der Waals surface area contributed by atoms with E-state index in [9.17, 15) is 8.42 Å². The van der Waals surface area contributed by atoms with Gasteiger partial charge >= 0.3 is 0 Å². The Morgan fingerprint density at radius 3 is 2.39 bits per heavy atom. The lowest BCUT2D eigenvalue weighted by Gasteiger charge is -2.05. The second kappa shape index (κ2) is 6.94. The molecule has 0 saturated heterocycles. The van der Waals surface area contributed by atoms with E-state index in [1.54, 1.807) is 12.1 Å². The largest absolute Gasteiger partial charge is 0.468 e. The molecule has 0 radical (unpaired) electrons. The van der Waals surface area contributed by atoms with Crippen molar-refractivity contribution in [3.63, 3.8) is 0 Å². The van der Waals surface area contributed by atoms with Gasteiger partial charge in [-0.3, -0.25) is 0 Å². The van der Waals surface area contributed by atoms with Crippen LogP contribution in [0.1, 0.15) is 5.76 Å². The Kier molecular flexibility index (Phi) is 4.98. The molecule has 1 aromatic heterocycles. The first-order valence-electron chi connectivity index (χ1n) is 6.43. The molecule has 0 aliphatic rings. The molecule has 0 aliphatic heterocycles. The van der Waals surface area contributed by atoms with E-state index in [4.69, 9.17) is 21.6 Å². The van der Waals surface area contributed by atoms with Crippen molar-refractivity contribution in [1.82, 2.24) is 4.72 Å². The minimum atomic E-state index is -3.66. The van der Waals surface area contributed by atoms with Crippen molar-refractivity contribution < 1.29 is 12.8 Å². The Morgan fingerprint density at radius 1 is 1.13 bits per heavy atom. The summed E-state index contributed by atoms with van der Waals surface area (Å²) in [4.78, 5) is 7.57. The van der Waals surface area contributed by atoms with Gasteiger partial charge in [-0.05, 0) is 36.4 Å². The summed E-state index contributed by atoms with van der Waals surface area (Å²) in [7, 11) is -3.66. The van der Waals surface area contributed by atoms with Crippen LogP contribution >= 0.6 is 0 Å². The monoisotopic (exact) mass is 336 g/mol. The molecular weight excluding hydrogens is 320 g/mol. The highest BCUT2D eigenvalue weighted by Gasteiger charge is 2.14. The summed E-state index contributed by atoms with van der Waals surface area (Å²) >= 11 is 0. The fraction of sp³-hybridized carbons (Fsp3) is 0.0769. The fourth-order valence-electron chi connectivity index (χ4n) is 1.65. The molecule has 0 unspecified atom stereocenters. The standard InChI is InChI=1S/C13H16N6O3S/c14-12(15)19-13(16)18-9-3-5-11(6-4-9)23(20,21)17-8-10-2-1-7-22-10/h1-7,17H,8H2,(H6,14,15,16,18,19). The molecule has 0 fully saturated rings. The number of guanidine groups is 2. The molecule has 0 bridgehead atoms. The first-order valence-corrected chi connectivity index (χ1v) is 7.91. The van der Waals surface area contributed by atoms with Gasteiger partial charge in [-0.1, -0.05) is 0 Å². The average Bonchev–Trinajstić information content (AvgIpc) is 2.98. The smallest absolute Gasteiger partial charge is 0.240 e. The molecule has 23 heavy (non-hydrogen) atoms. The molecule has 1 heterocycles. The first-order chi connectivity index (χ1) is 10.9. The van der Waals surface area contributed by atoms with E-state index in [-0.39, 0.29) is 23.4 Å². The van der Waals surface area contributed by atoms with Gasteiger partial charge in [-0.25, -0.2) is 18.1 Å². The summed E-state index contributed by atoms with van der Waals surface area (Å²) in [5, 5.41) is 0. The number of furan rings is 1. The lowest BCUT2D eigenvalue weighted by Crippen LogP contribution is -2.26. The van der Waals surface area contributed by atoms with Gasteiger partial charge in [-0.2, -0.15) is 4.99 Å². The van der Waals surface area contributed by atoms with Crippen LogP contribution in [0.3, 0.4) is 0 Å². The summed E-state index contributed by atoms with van der Waals surface area (Å²) in [5.41, 5.74) is 16.3. The van der Waals surface area contributed by atoms with Gasteiger partial charge in [0.2, 0.25) is 16.0 Å². The van der Waals surface area contributed by atoms with Crippen molar-refractivity contribution in [3.8, 4) is 0 Å². The number of rotatable bonds is 5. The zero-order valence-electron chi connectivity index (χ0n) is 12.0. The van der Waals surface area contributed by atoms with Crippen LogP contribution in [-0.2, 0) is 16.6 Å². The van der Waals surface area contributed by atoms with Crippen LogP contribution in [0, 0.1) is 0 Å². The Balaban J connectivity index is 2.10. The minimum absolute atomic E-state index is 0.0622. The molecule has 9 nitrogen and oxygen atoms in total. The molecule has 0 saturated carbocycles. The quantitative estimate of drug-likeness (QED) is 0.443. The average molecular weight is 336 g/mol. The van der Waals surface area contributed by atoms with E-state index in [0.29, 0.717) is 11.4 Å². The molecule has 0 spiro atoms. The topological polar surface area (TPSA) is 162 Å². The Hall–Kier alpha value is -2.85. The van der Waals surface area contributed by atoms with Gasteiger partial charge < -0.3 is 21.6 Å². The molecule has 122 valence electrons. The van der Waals surface area contributed by atoms with Gasteiger partial charge in [0.1, 0.15) is 5.76 Å². The van der Waals surface area contributed by atoms with Gasteiger partial charge in [0.15, 0.2) is 5.96 Å². The zero-order chi connectivity index (χ0) is 16.9. The highest BCUT2D eigenvalue weighted by Crippen LogP contribution is 2.17. The Labute approximate surface area is 132 Å². The molecule has 2 aromatic rings. The van der Waals surface area contributed by atoms with Crippen LogP contribution in [0.5, 0.6) is 0 Å². The van der Waals surface area contributed by atoms with E-state index in [2.05, 4.69) is 14.7 Å². The number of hydrogen-bond acceptors (Lipinski definition) is 4. The van der Waals surface area contributed by atoms with E-state index in [0.717, 1.165) is 0 Å². The summed E-state index contributed by atoms with van der Waals surface area (Å²) in [5.74, 6) is 0.170. The van der Waals surface area contributed by atoms with Crippen LogP contribution in [-0.4, -0.2) is 20.3 Å². The highest BCUT2D eigenvalue weighted by atomic mass is 32.2. The van der Waals surface area contributed by atoms with Gasteiger partial charge in [0.25, 0.3) is 0 Å². The minimum Gasteiger partial charge on any atom is -0.468 e. The maximum absolute atomic E-state index is 12.1. The van der Waals surface area contributed by atoms with Crippen molar-refractivity contribution in [2.45, 2.75) is 11.4 Å². The second-order valence-corrected chi connectivity index (χ2v) is 6.17. The fourth-order valence-corrected chi connectivity index (χ4v) is 2.65. The normalized spacial score (nSPS) is 12.1. The van der Waals surface area contributed by atoms with Crippen LogP contribution in [0.15, 0.2) is 62.0 Å². The number of aliphatic imine (C=N–C) groups is 2. The van der Waals surface area contributed by atoms with Crippen LogP contribution < -0.4 is 21.9 Å². The molecule has 0 amide bonds. The summed E-state index contributed by atoms with van der Waals surface area (Å²) in [6.07, 6.45) is 1.47. The third-order valence-corrected chi connectivity index (χ3v) is 4.07. The molecule has 1 aromatic carbocycles. The molecule has 0 atom stereocenters. The van der Waals surface area contributed by atoms with Crippen molar-refractivity contribution in [1.29, 1.82) is 0 Å². The van der Waals surface area contributed by atoms with E-state index in [1.165, 1.54) is 30.5 Å². The van der Waals surface area contributed by atoms with Crippen LogP contribution in [0.2, 0.25) is 0 Å². The van der Waals surface area contributed by atoms with E-state index < -0.39 is 10.0 Å². The Bertz CT molecular complexity index is 806. The number of nitrogens with one attached hydrogen (secondary N) is 1. The predicted molar refractivity (Wildman–Crippen MR) is 86.3 cm³/mol. The summed E-state index contributed by atoms with van der Waals surface area (Å²) < 4.78 is 31.8. The maximum atomic E-state index is 12.1. The zero-order valence-corrected chi connectivity index (χ0v) is 12.8. The maximum Gasteiger partial charge on any atom is 0.240 e. The molecule has 0 aliphatic carbocycles. The van der Waals surface area contributed by atoms with Gasteiger partial charge in [0.05, 0.1) is 23.4 Å². The van der Waals surface area contributed by atoms with Crippen LogP contribution in [0.25, 0.3) is 0 Å². The third-order valence-electron chi connectivity index (χ3n) is 2.65. The Morgan fingerprint density at radius 2 is 1.83 bits per heavy atom. The number of benzene rings is 1. The number of nitrogens with two attached hydrogens (primary N) is 3. The number of nitrogens with zero attached hydrogens (tertiary/aromatic N) is 2.